The van der Waals surface area contributed by atoms with Gasteiger partial charge in [0.05, 0.1) is 11.2 Å². The molecule has 0 radical (unpaired) electrons. The molecule has 0 N–H and O–H groups in total. The molecule has 5 heteroatoms. The zero-order valence-electron chi connectivity index (χ0n) is 13.1. The van der Waals surface area contributed by atoms with Crippen LogP contribution in [0.5, 0.6) is 0 Å². The Morgan fingerprint density at radius 2 is 1.74 bits per heavy atom. The first-order valence-corrected chi connectivity index (χ1v) is 8.26. The van der Waals surface area contributed by atoms with Gasteiger partial charge in [-0.3, -0.25) is 14.9 Å². The molecule has 0 saturated heterocycles. The van der Waals surface area contributed by atoms with Gasteiger partial charge in [-0.15, -0.1) is 11.8 Å². The van der Waals surface area contributed by atoms with Gasteiger partial charge in [-0.1, -0.05) is 48.0 Å². The summed E-state index contributed by atoms with van der Waals surface area (Å²) in [4.78, 5) is 23.9. The van der Waals surface area contributed by atoms with Crippen LogP contribution in [-0.2, 0) is 4.79 Å². The normalized spacial score (nSPS) is 13.3. The van der Waals surface area contributed by atoms with E-state index in [9.17, 15) is 14.9 Å². The van der Waals surface area contributed by atoms with Crippen LogP contribution in [0.3, 0.4) is 0 Å². The lowest BCUT2D eigenvalue weighted by atomic mass is 9.93. The molecule has 0 aromatic heterocycles. The topological polar surface area (TPSA) is 60.2 Å². The molecule has 0 spiro atoms. The second kappa shape index (κ2) is 7.92. The highest BCUT2D eigenvalue weighted by atomic mass is 32.2. The highest BCUT2D eigenvalue weighted by molar-refractivity contribution is 8.00. The van der Waals surface area contributed by atoms with Gasteiger partial charge < -0.3 is 0 Å². The molecule has 0 amide bonds. The van der Waals surface area contributed by atoms with Crippen LogP contribution in [0.1, 0.15) is 24.0 Å². The molecule has 2 aromatic carbocycles. The molecule has 0 aliphatic rings. The molecule has 23 heavy (non-hydrogen) atoms. The molecule has 0 aliphatic carbocycles. The number of carbonyl (C=O) groups excluding carboxylic acids is 1. The maximum absolute atomic E-state index is 12.2. The average molecular weight is 329 g/mol. The SMILES string of the molecule is CC(=O)[C@@H](Sc1ccc(C)cc1)[C@@H](C[N+](=O)[O-])c1ccccc1. The molecule has 2 aromatic rings. The van der Waals surface area contributed by atoms with Gasteiger partial charge in [0.2, 0.25) is 6.54 Å². The van der Waals surface area contributed by atoms with Crippen molar-refractivity contribution in [3.05, 3.63) is 75.8 Å². The van der Waals surface area contributed by atoms with Crippen molar-refractivity contribution in [2.24, 2.45) is 0 Å². The summed E-state index contributed by atoms with van der Waals surface area (Å²) in [5.74, 6) is -0.499. The van der Waals surface area contributed by atoms with Crippen molar-refractivity contribution in [3.8, 4) is 0 Å². The first-order valence-electron chi connectivity index (χ1n) is 7.38. The molecule has 0 aliphatic heterocycles. The van der Waals surface area contributed by atoms with Crippen LogP contribution in [0, 0.1) is 17.0 Å². The molecule has 0 unspecified atom stereocenters. The third-order valence-electron chi connectivity index (χ3n) is 3.62. The van der Waals surface area contributed by atoms with E-state index in [1.165, 1.54) is 18.7 Å². The predicted molar refractivity (Wildman–Crippen MR) is 92.5 cm³/mol. The third kappa shape index (κ3) is 4.93. The Morgan fingerprint density at radius 1 is 1.13 bits per heavy atom. The van der Waals surface area contributed by atoms with Crippen LogP contribution in [0.4, 0.5) is 0 Å². The molecule has 120 valence electrons. The van der Waals surface area contributed by atoms with E-state index in [4.69, 9.17) is 0 Å². The fourth-order valence-corrected chi connectivity index (χ4v) is 3.61. The minimum absolute atomic E-state index is 0.0497. The summed E-state index contributed by atoms with van der Waals surface area (Å²) in [6, 6.07) is 17.1. The van der Waals surface area contributed by atoms with Crippen LogP contribution in [0.25, 0.3) is 0 Å². The van der Waals surface area contributed by atoms with Crippen molar-refractivity contribution in [3.63, 3.8) is 0 Å². The van der Waals surface area contributed by atoms with Crippen molar-refractivity contribution in [1.29, 1.82) is 0 Å². The smallest absolute Gasteiger partial charge is 0.212 e. The Hall–Kier alpha value is -2.14. The standard InChI is InChI=1S/C18H19NO3S/c1-13-8-10-16(11-9-13)23-18(14(2)20)17(12-19(21)22)15-6-4-3-5-7-15/h3-11,17-18H,12H2,1-2H3/t17-,18+/m0/s1. The second-order valence-corrected chi connectivity index (χ2v) is 6.71. The van der Waals surface area contributed by atoms with Crippen molar-refractivity contribution in [1.82, 2.24) is 0 Å². The first-order chi connectivity index (χ1) is 11.0. The number of aryl methyl sites for hydroxylation is 1. The monoisotopic (exact) mass is 329 g/mol. The zero-order chi connectivity index (χ0) is 16.8. The van der Waals surface area contributed by atoms with Gasteiger partial charge >= 0.3 is 0 Å². The van der Waals surface area contributed by atoms with Gasteiger partial charge in [0, 0.05) is 9.82 Å². The minimum atomic E-state index is -0.481. The molecular weight excluding hydrogens is 310 g/mol. The van der Waals surface area contributed by atoms with Crippen LogP contribution in [0.2, 0.25) is 0 Å². The van der Waals surface area contributed by atoms with Crippen LogP contribution in [-0.4, -0.2) is 22.5 Å². The first kappa shape index (κ1) is 17.2. The van der Waals surface area contributed by atoms with Gasteiger partial charge in [0.15, 0.2) is 0 Å². The molecule has 2 rings (SSSR count). The highest BCUT2D eigenvalue weighted by Gasteiger charge is 2.32. The molecular formula is C18H19NO3S. The van der Waals surface area contributed by atoms with Crippen LogP contribution < -0.4 is 0 Å². The number of nitrogens with zero attached hydrogens (tertiary/aromatic N) is 1. The van der Waals surface area contributed by atoms with Crippen molar-refractivity contribution in [2.45, 2.75) is 29.9 Å². The number of hydrogen-bond acceptors (Lipinski definition) is 4. The van der Waals surface area contributed by atoms with Gasteiger partial charge in [-0.25, -0.2) is 0 Å². The molecule has 0 bridgehead atoms. The Kier molecular flexibility index (Phi) is 5.93. The lowest BCUT2D eigenvalue weighted by Gasteiger charge is -2.22. The lowest BCUT2D eigenvalue weighted by Crippen LogP contribution is -2.28. The molecule has 0 saturated carbocycles. The Labute approximate surface area is 140 Å². The van der Waals surface area contributed by atoms with Crippen LogP contribution >= 0.6 is 11.8 Å². The maximum Gasteiger partial charge on any atom is 0.212 e. The summed E-state index contributed by atoms with van der Waals surface area (Å²) in [5, 5.41) is 10.6. The predicted octanol–water partition coefficient (Wildman–Crippen LogP) is 4.11. The number of hydrogen-bond donors (Lipinski definition) is 0. The van der Waals surface area contributed by atoms with E-state index in [-0.39, 0.29) is 17.3 Å². The fraction of sp³-hybridized carbons (Fsp3) is 0.278. The summed E-state index contributed by atoms with van der Waals surface area (Å²) in [6.45, 7) is 3.24. The van der Waals surface area contributed by atoms with Crippen LogP contribution in [0.15, 0.2) is 59.5 Å². The Balaban J connectivity index is 2.32. The van der Waals surface area contributed by atoms with E-state index >= 15 is 0 Å². The number of nitro groups is 1. The highest BCUT2D eigenvalue weighted by Crippen LogP contribution is 2.34. The summed E-state index contributed by atoms with van der Waals surface area (Å²) in [5.41, 5.74) is 1.96. The van der Waals surface area contributed by atoms with Gasteiger partial charge in [-0.2, -0.15) is 0 Å². The maximum atomic E-state index is 12.2. The summed E-state index contributed by atoms with van der Waals surface area (Å²) < 4.78 is 0. The quantitative estimate of drug-likeness (QED) is 0.436. The van der Waals surface area contributed by atoms with Crippen molar-refractivity contribution >= 4 is 17.5 Å². The largest absolute Gasteiger partial charge is 0.299 e. The number of Topliss-reactive ketones (excluding diaryl/α,β-unsaturated/α-hetero) is 1. The van der Waals surface area contributed by atoms with Gasteiger partial charge in [0.25, 0.3) is 0 Å². The second-order valence-electron chi connectivity index (χ2n) is 5.49. The summed E-state index contributed by atoms with van der Waals surface area (Å²) in [6.07, 6.45) is 0. The average Bonchev–Trinajstić information content (AvgIpc) is 2.53. The summed E-state index contributed by atoms with van der Waals surface area (Å²) in [7, 11) is 0. The third-order valence-corrected chi connectivity index (χ3v) is 5.08. The number of benzene rings is 2. The van der Waals surface area contributed by atoms with E-state index in [2.05, 4.69) is 0 Å². The van der Waals surface area contributed by atoms with Crippen molar-refractivity contribution in [2.75, 3.05) is 6.54 Å². The number of rotatable bonds is 7. The van der Waals surface area contributed by atoms with E-state index in [0.717, 1.165) is 16.0 Å². The Morgan fingerprint density at radius 3 is 2.26 bits per heavy atom. The lowest BCUT2D eigenvalue weighted by molar-refractivity contribution is -0.483. The molecule has 0 heterocycles. The van der Waals surface area contributed by atoms with E-state index in [1.54, 1.807) is 0 Å². The summed E-state index contributed by atoms with van der Waals surface area (Å²) >= 11 is 1.40. The van der Waals surface area contributed by atoms with E-state index in [1.807, 2.05) is 61.5 Å². The number of ketones is 1. The van der Waals surface area contributed by atoms with Gasteiger partial charge in [-0.05, 0) is 31.5 Å². The molecule has 4 nitrogen and oxygen atoms in total. The van der Waals surface area contributed by atoms with Crippen molar-refractivity contribution < 1.29 is 9.72 Å². The number of carbonyl (C=O) groups is 1. The number of thioether (sulfide) groups is 1. The molecule has 0 fully saturated rings. The fourth-order valence-electron chi connectivity index (χ4n) is 2.45. The molecule has 2 atom stereocenters. The zero-order valence-corrected chi connectivity index (χ0v) is 14.0. The minimum Gasteiger partial charge on any atom is -0.299 e. The van der Waals surface area contributed by atoms with Gasteiger partial charge in [0.1, 0.15) is 5.78 Å². The van der Waals surface area contributed by atoms with E-state index < -0.39 is 11.2 Å². The Bertz CT molecular complexity index is 670. The van der Waals surface area contributed by atoms with E-state index in [0.29, 0.717) is 0 Å².